The van der Waals surface area contributed by atoms with Gasteiger partial charge in [0.1, 0.15) is 12.8 Å². The molecule has 0 radical (unpaired) electrons. The SMILES string of the molecule is O=C(NCC(F)(F)F)c1coc(Cc2ccc(-c3noc(C(F)(F)F)n3)cc2)n1. The van der Waals surface area contributed by atoms with Crippen LogP contribution in [0.25, 0.3) is 11.4 Å². The fraction of sp³-hybridized carbons (Fsp3) is 0.250. The van der Waals surface area contributed by atoms with Gasteiger partial charge in [-0.1, -0.05) is 29.4 Å². The van der Waals surface area contributed by atoms with Gasteiger partial charge < -0.3 is 14.3 Å². The summed E-state index contributed by atoms with van der Waals surface area (Å²) in [6.45, 7) is -1.50. The van der Waals surface area contributed by atoms with Crippen molar-refractivity contribution < 1.29 is 40.1 Å². The monoisotopic (exact) mass is 420 g/mol. The molecule has 0 aliphatic rings. The van der Waals surface area contributed by atoms with Gasteiger partial charge in [-0.3, -0.25) is 4.79 Å². The Morgan fingerprint density at radius 3 is 2.31 bits per heavy atom. The first-order valence-electron chi connectivity index (χ1n) is 7.81. The van der Waals surface area contributed by atoms with E-state index in [0.717, 1.165) is 6.26 Å². The summed E-state index contributed by atoms with van der Waals surface area (Å²) in [7, 11) is 0. The second-order valence-electron chi connectivity index (χ2n) is 5.72. The summed E-state index contributed by atoms with van der Waals surface area (Å²) in [5.74, 6) is -2.68. The molecule has 7 nitrogen and oxygen atoms in total. The molecule has 13 heteroatoms. The van der Waals surface area contributed by atoms with Crippen molar-refractivity contribution in [2.75, 3.05) is 6.54 Å². The molecule has 0 aliphatic heterocycles. The van der Waals surface area contributed by atoms with Crippen molar-refractivity contribution in [1.82, 2.24) is 20.4 Å². The highest BCUT2D eigenvalue weighted by molar-refractivity contribution is 5.91. The van der Waals surface area contributed by atoms with E-state index in [4.69, 9.17) is 4.42 Å². The number of oxazole rings is 1. The Hall–Kier alpha value is -3.38. The van der Waals surface area contributed by atoms with Crippen LogP contribution in [0.1, 0.15) is 27.8 Å². The third-order valence-corrected chi connectivity index (χ3v) is 3.47. The van der Waals surface area contributed by atoms with E-state index in [0.29, 0.717) is 5.56 Å². The largest absolute Gasteiger partial charge is 0.471 e. The summed E-state index contributed by atoms with van der Waals surface area (Å²) < 4.78 is 83.0. The van der Waals surface area contributed by atoms with Crippen molar-refractivity contribution in [3.05, 3.63) is 53.6 Å². The van der Waals surface area contributed by atoms with Crippen LogP contribution in [0.3, 0.4) is 0 Å². The summed E-state index contributed by atoms with van der Waals surface area (Å²) in [4.78, 5) is 18.7. The van der Waals surface area contributed by atoms with Crippen LogP contribution in [-0.2, 0) is 12.6 Å². The second kappa shape index (κ2) is 7.56. The van der Waals surface area contributed by atoms with E-state index in [1.54, 1.807) is 5.32 Å². The average Bonchev–Trinajstić information content (AvgIpc) is 3.29. The molecule has 2 aromatic heterocycles. The van der Waals surface area contributed by atoms with Crippen molar-refractivity contribution in [3.63, 3.8) is 0 Å². The summed E-state index contributed by atoms with van der Waals surface area (Å²) in [6, 6.07) is 5.96. The summed E-state index contributed by atoms with van der Waals surface area (Å²) >= 11 is 0. The van der Waals surface area contributed by atoms with E-state index in [2.05, 4.69) is 19.6 Å². The van der Waals surface area contributed by atoms with Gasteiger partial charge in [0.15, 0.2) is 11.6 Å². The number of rotatable bonds is 5. The molecule has 0 saturated heterocycles. The van der Waals surface area contributed by atoms with Crippen molar-refractivity contribution >= 4 is 5.91 Å². The molecule has 0 unspecified atom stereocenters. The minimum absolute atomic E-state index is 0.0637. The predicted molar refractivity (Wildman–Crippen MR) is 82.4 cm³/mol. The van der Waals surface area contributed by atoms with Gasteiger partial charge in [0.2, 0.25) is 5.82 Å². The molecule has 0 bridgehead atoms. The number of alkyl halides is 6. The van der Waals surface area contributed by atoms with E-state index in [1.807, 2.05) is 0 Å². The lowest BCUT2D eigenvalue weighted by Gasteiger charge is -2.06. The molecule has 0 aliphatic carbocycles. The van der Waals surface area contributed by atoms with Gasteiger partial charge in [-0.25, -0.2) is 4.98 Å². The van der Waals surface area contributed by atoms with Crippen LogP contribution in [0, 0.1) is 0 Å². The quantitative estimate of drug-likeness (QED) is 0.634. The van der Waals surface area contributed by atoms with E-state index in [9.17, 15) is 31.1 Å². The molecule has 1 amide bonds. The topological polar surface area (TPSA) is 94.1 Å². The molecule has 0 spiro atoms. The van der Waals surface area contributed by atoms with Crippen molar-refractivity contribution in [2.45, 2.75) is 18.8 Å². The molecule has 2 heterocycles. The molecule has 3 rings (SSSR count). The highest BCUT2D eigenvalue weighted by Gasteiger charge is 2.38. The Bertz CT molecular complexity index is 991. The Morgan fingerprint density at radius 2 is 1.72 bits per heavy atom. The van der Waals surface area contributed by atoms with Gasteiger partial charge in [-0.15, -0.1) is 0 Å². The van der Waals surface area contributed by atoms with Crippen molar-refractivity contribution in [1.29, 1.82) is 0 Å². The maximum Gasteiger partial charge on any atom is 0.471 e. The Balaban J connectivity index is 1.64. The number of nitrogens with one attached hydrogen (secondary N) is 1. The lowest BCUT2D eigenvalue weighted by molar-refractivity contribution is -0.159. The molecule has 154 valence electrons. The first kappa shape index (κ1) is 20.4. The molecule has 1 N–H and O–H groups in total. The number of benzene rings is 1. The van der Waals surface area contributed by atoms with E-state index >= 15 is 0 Å². The number of nitrogens with zero attached hydrogens (tertiary/aromatic N) is 3. The van der Waals surface area contributed by atoms with Crippen LogP contribution in [0.15, 0.2) is 39.5 Å². The molecule has 29 heavy (non-hydrogen) atoms. The minimum Gasteiger partial charge on any atom is -0.448 e. The van der Waals surface area contributed by atoms with Gasteiger partial charge in [-0.05, 0) is 5.56 Å². The van der Waals surface area contributed by atoms with Gasteiger partial charge >= 0.3 is 18.2 Å². The second-order valence-corrected chi connectivity index (χ2v) is 5.72. The number of hydrogen-bond donors (Lipinski definition) is 1. The van der Waals surface area contributed by atoms with Gasteiger partial charge in [0, 0.05) is 12.0 Å². The standard InChI is InChI=1S/C16H10F6N4O3/c17-15(18,19)7-23-13(27)10-6-28-11(24-10)5-8-1-3-9(4-2-8)12-25-14(29-26-12)16(20,21)22/h1-4,6H,5,7H2,(H,23,27). The zero-order valence-electron chi connectivity index (χ0n) is 14.1. The van der Waals surface area contributed by atoms with Gasteiger partial charge in [-0.2, -0.15) is 31.3 Å². The molecule has 0 atom stereocenters. The minimum atomic E-state index is -4.75. The first-order valence-corrected chi connectivity index (χ1v) is 7.81. The van der Waals surface area contributed by atoms with E-state index in [1.165, 1.54) is 24.3 Å². The number of carbonyl (C=O) groups excluding carboxylic acids is 1. The molecular weight excluding hydrogens is 410 g/mol. The average molecular weight is 420 g/mol. The van der Waals surface area contributed by atoms with E-state index < -0.39 is 30.7 Å². The zero-order valence-corrected chi connectivity index (χ0v) is 14.1. The van der Waals surface area contributed by atoms with Crippen LogP contribution in [-0.4, -0.2) is 33.8 Å². The fourth-order valence-electron chi connectivity index (χ4n) is 2.17. The predicted octanol–water partition coefficient (Wildman–Crippen LogP) is 3.63. The fourth-order valence-corrected chi connectivity index (χ4v) is 2.17. The molecule has 0 saturated carbocycles. The van der Waals surface area contributed by atoms with Crippen LogP contribution in [0.5, 0.6) is 0 Å². The molecule has 1 aromatic carbocycles. The summed E-state index contributed by atoms with van der Waals surface area (Å²) in [6.07, 6.45) is -8.29. The van der Waals surface area contributed by atoms with Crippen LogP contribution in [0.4, 0.5) is 26.3 Å². The van der Waals surface area contributed by atoms with Gasteiger partial charge in [0.25, 0.3) is 5.91 Å². The normalized spacial score (nSPS) is 12.2. The molecule has 0 fully saturated rings. The Kier molecular flexibility index (Phi) is 5.31. The zero-order chi connectivity index (χ0) is 21.2. The summed E-state index contributed by atoms with van der Waals surface area (Å²) in [5, 5.41) is 4.93. The Morgan fingerprint density at radius 1 is 1.03 bits per heavy atom. The third kappa shape index (κ3) is 5.33. The lowest BCUT2D eigenvalue weighted by atomic mass is 10.1. The molecular formula is C16H10F6N4O3. The summed E-state index contributed by atoms with van der Waals surface area (Å²) in [5.41, 5.74) is 0.567. The highest BCUT2D eigenvalue weighted by Crippen LogP contribution is 2.29. The lowest BCUT2D eigenvalue weighted by Crippen LogP contribution is -2.33. The van der Waals surface area contributed by atoms with E-state index in [-0.39, 0.29) is 29.4 Å². The number of aromatic nitrogens is 3. The molecule has 3 aromatic rings. The number of amides is 1. The number of hydrogen-bond acceptors (Lipinski definition) is 6. The smallest absolute Gasteiger partial charge is 0.448 e. The number of halogens is 6. The van der Waals surface area contributed by atoms with Crippen LogP contribution < -0.4 is 5.32 Å². The highest BCUT2D eigenvalue weighted by atomic mass is 19.4. The van der Waals surface area contributed by atoms with Crippen molar-refractivity contribution in [3.8, 4) is 11.4 Å². The van der Waals surface area contributed by atoms with Gasteiger partial charge in [0.05, 0.1) is 0 Å². The maximum atomic E-state index is 12.5. The maximum absolute atomic E-state index is 12.5. The first-order chi connectivity index (χ1) is 13.5. The number of carbonyl (C=O) groups is 1. The van der Waals surface area contributed by atoms with Crippen molar-refractivity contribution in [2.24, 2.45) is 0 Å². The van der Waals surface area contributed by atoms with Crippen LogP contribution >= 0.6 is 0 Å². The Labute approximate surface area is 157 Å². The third-order valence-electron chi connectivity index (χ3n) is 3.47. The van der Waals surface area contributed by atoms with Crippen LogP contribution in [0.2, 0.25) is 0 Å².